The van der Waals surface area contributed by atoms with Crippen LogP contribution in [0.1, 0.15) is 18.9 Å². The molecule has 0 aliphatic carbocycles. The van der Waals surface area contributed by atoms with Crippen molar-refractivity contribution in [3.8, 4) is 0 Å². The first-order valence-electron chi connectivity index (χ1n) is 12.7. The molecule has 0 fully saturated rings. The zero-order valence-corrected chi connectivity index (χ0v) is 25.0. The highest BCUT2D eigenvalue weighted by molar-refractivity contribution is 7.91. The van der Waals surface area contributed by atoms with Crippen molar-refractivity contribution < 1.29 is 27.9 Å². The number of thiazole rings is 1. The van der Waals surface area contributed by atoms with Crippen LogP contribution < -0.4 is 10.2 Å². The third-order valence-electron chi connectivity index (χ3n) is 5.78. The quantitative estimate of drug-likeness (QED) is 0.153. The Kier molecular flexibility index (Phi) is 11.3. The third-order valence-corrected chi connectivity index (χ3v) is 8.48. The number of carbonyl (C=O) groups is 1. The third kappa shape index (κ3) is 8.66. The van der Waals surface area contributed by atoms with Crippen molar-refractivity contribution in [1.82, 2.24) is 14.9 Å². The molecule has 0 spiro atoms. The number of anilines is 2. The van der Waals surface area contributed by atoms with E-state index in [-0.39, 0.29) is 23.0 Å². The standard InChI is InChI=1S/C26H36N6O6S2/c1-18(17-33)38-30-23(19-7-9-20(10-8-19)40(35,36)16-6-15-37-5)24(34)29-26-27-21-11-12-22(28-25(21)39-26)32(4)14-13-31(2)3/h7-12,18,33H,6,13-17H2,1-5H3,(H,27,29,34)/b30-23+/t18-/m1/s1. The lowest BCUT2D eigenvalue weighted by atomic mass is 10.1. The topological polar surface area (TPSA) is 147 Å². The molecule has 0 radical (unpaired) electrons. The Labute approximate surface area is 238 Å². The summed E-state index contributed by atoms with van der Waals surface area (Å²) in [5.74, 6) is 0.127. The molecular formula is C26H36N6O6S2. The highest BCUT2D eigenvalue weighted by Crippen LogP contribution is 2.27. The van der Waals surface area contributed by atoms with E-state index < -0.39 is 21.8 Å². The van der Waals surface area contributed by atoms with E-state index >= 15 is 0 Å². The van der Waals surface area contributed by atoms with Gasteiger partial charge in [0.15, 0.2) is 20.7 Å². The van der Waals surface area contributed by atoms with Crippen LogP contribution in [0.2, 0.25) is 0 Å². The number of sulfone groups is 1. The molecule has 1 amide bonds. The zero-order valence-electron chi connectivity index (χ0n) is 23.3. The molecule has 2 heterocycles. The maximum absolute atomic E-state index is 13.3. The molecular weight excluding hydrogens is 556 g/mol. The minimum atomic E-state index is -3.51. The molecule has 1 aromatic carbocycles. The summed E-state index contributed by atoms with van der Waals surface area (Å²) in [4.78, 5) is 32.6. The number of nitrogens with zero attached hydrogens (tertiary/aromatic N) is 5. The molecule has 12 nitrogen and oxygen atoms in total. The molecule has 1 atom stereocenters. The first-order chi connectivity index (χ1) is 19.0. The molecule has 218 valence electrons. The van der Waals surface area contributed by atoms with E-state index in [1.807, 2.05) is 38.2 Å². The van der Waals surface area contributed by atoms with Crippen molar-refractivity contribution in [2.75, 3.05) is 70.5 Å². The van der Waals surface area contributed by atoms with Crippen LogP contribution in [0.15, 0.2) is 46.4 Å². The summed E-state index contributed by atoms with van der Waals surface area (Å²) in [5, 5.41) is 16.3. The SMILES string of the molecule is COCCCS(=O)(=O)c1ccc(/C(=N\O[C@H](C)CO)C(=O)Nc2nc3ccc(N(C)CCN(C)C)nc3s2)cc1. The van der Waals surface area contributed by atoms with E-state index in [9.17, 15) is 18.3 Å². The number of aliphatic hydroxyl groups excluding tert-OH is 1. The van der Waals surface area contributed by atoms with Gasteiger partial charge in [0.1, 0.15) is 22.3 Å². The predicted molar refractivity (Wildman–Crippen MR) is 157 cm³/mol. The average Bonchev–Trinajstić information content (AvgIpc) is 3.33. The van der Waals surface area contributed by atoms with E-state index in [0.29, 0.717) is 34.1 Å². The molecule has 0 bridgehead atoms. The van der Waals surface area contributed by atoms with Crippen LogP contribution in [-0.2, 0) is 24.2 Å². The monoisotopic (exact) mass is 592 g/mol. The van der Waals surface area contributed by atoms with Gasteiger partial charge in [-0.25, -0.2) is 18.4 Å². The summed E-state index contributed by atoms with van der Waals surface area (Å²) in [7, 11) is 3.99. The van der Waals surface area contributed by atoms with Gasteiger partial charge in [0.05, 0.1) is 17.3 Å². The lowest BCUT2D eigenvalue weighted by Crippen LogP contribution is -2.28. The summed E-state index contributed by atoms with van der Waals surface area (Å²) in [5.41, 5.74) is 0.874. The number of likely N-dealkylation sites (N-methyl/N-ethyl adjacent to an activating group) is 2. The van der Waals surface area contributed by atoms with Crippen LogP contribution in [0.3, 0.4) is 0 Å². The molecule has 0 unspecified atom stereocenters. The van der Waals surface area contributed by atoms with Crippen LogP contribution in [0.5, 0.6) is 0 Å². The number of oxime groups is 1. The van der Waals surface area contributed by atoms with Gasteiger partial charge >= 0.3 is 0 Å². The number of fused-ring (bicyclic) bond motifs is 1. The summed E-state index contributed by atoms with van der Waals surface area (Å²) in [6, 6.07) is 9.56. The number of rotatable bonds is 15. The molecule has 3 rings (SSSR count). The number of aromatic nitrogens is 2. The molecule has 2 aromatic heterocycles. The Hall–Kier alpha value is -3.17. The smallest absolute Gasteiger partial charge is 0.280 e. The first kappa shape index (κ1) is 31.4. The number of pyridine rings is 1. The van der Waals surface area contributed by atoms with Crippen LogP contribution in [-0.4, -0.2) is 106 Å². The van der Waals surface area contributed by atoms with Crippen molar-refractivity contribution >= 4 is 54.1 Å². The van der Waals surface area contributed by atoms with Crippen LogP contribution in [0.25, 0.3) is 10.3 Å². The Morgan fingerprint density at radius 2 is 1.85 bits per heavy atom. The highest BCUT2D eigenvalue weighted by atomic mass is 32.2. The molecule has 14 heteroatoms. The van der Waals surface area contributed by atoms with Crippen molar-refractivity contribution in [1.29, 1.82) is 0 Å². The molecule has 0 saturated heterocycles. The van der Waals surface area contributed by atoms with Gasteiger partial charge in [0, 0.05) is 39.4 Å². The fourth-order valence-electron chi connectivity index (χ4n) is 3.43. The normalized spacial score (nSPS) is 13.0. The van der Waals surface area contributed by atoms with Gasteiger partial charge < -0.3 is 24.5 Å². The van der Waals surface area contributed by atoms with E-state index in [2.05, 4.69) is 25.3 Å². The van der Waals surface area contributed by atoms with E-state index in [1.165, 1.54) is 42.7 Å². The number of aliphatic hydroxyl groups is 1. The molecule has 0 aliphatic rings. The number of carbonyl (C=O) groups excluding carboxylic acids is 1. The maximum atomic E-state index is 13.3. The first-order valence-corrected chi connectivity index (χ1v) is 15.1. The van der Waals surface area contributed by atoms with Crippen molar-refractivity contribution in [3.63, 3.8) is 0 Å². The fraction of sp³-hybridized carbons (Fsp3) is 0.462. The van der Waals surface area contributed by atoms with Gasteiger partial charge in [-0.1, -0.05) is 28.6 Å². The van der Waals surface area contributed by atoms with E-state index in [4.69, 9.17) is 9.57 Å². The Balaban J connectivity index is 1.82. The van der Waals surface area contributed by atoms with E-state index in [1.54, 1.807) is 6.92 Å². The van der Waals surface area contributed by atoms with Crippen molar-refractivity contribution in [2.45, 2.75) is 24.3 Å². The summed E-state index contributed by atoms with van der Waals surface area (Å²) in [6.45, 7) is 3.31. The minimum absolute atomic E-state index is 0.0580. The van der Waals surface area contributed by atoms with Gasteiger partial charge in [-0.15, -0.1) is 0 Å². The van der Waals surface area contributed by atoms with Crippen LogP contribution >= 0.6 is 11.3 Å². The average molecular weight is 593 g/mol. The van der Waals surface area contributed by atoms with Gasteiger partial charge in [0.2, 0.25) is 0 Å². The number of hydrogen-bond acceptors (Lipinski definition) is 12. The largest absolute Gasteiger partial charge is 0.392 e. The van der Waals surface area contributed by atoms with Crippen molar-refractivity contribution in [3.05, 3.63) is 42.0 Å². The molecule has 2 N–H and O–H groups in total. The molecule has 40 heavy (non-hydrogen) atoms. The predicted octanol–water partition coefficient (Wildman–Crippen LogP) is 2.24. The zero-order chi connectivity index (χ0) is 29.3. The highest BCUT2D eigenvalue weighted by Gasteiger charge is 2.21. The maximum Gasteiger partial charge on any atom is 0.280 e. The van der Waals surface area contributed by atoms with Gasteiger partial charge in [0.25, 0.3) is 5.91 Å². The van der Waals surface area contributed by atoms with Crippen molar-refractivity contribution in [2.24, 2.45) is 5.16 Å². The van der Waals surface area contributed by atoms with Gasteiger partial charge in [-0.3, -0.25) is 10.1 Å². The number of hydrogen-bond donors (Lipinski definition) is 2. The van der Waals surface area contributed by atoms with Gasteiger partial charge in [-0.2, -0.15) is 0 Å². The van der Waals surface area contributed by atoms with E-state index in [0.717, 1.165) is 18.9 Å². The number of nitrogens with one attached hydrogen (secondary N) is 1. The number of benzene rings is 1. The second kappa shape index (κ2) is 14.5. The summed E-state index contributed by atoms with van der Waals surface area (Å²) in [6.07, 6.45) is -0.286. The number of amides is 1. The summed E-state index contributed by atoms with van der Waals surface area (Å²) < 4.78 is 30.1. The lowest BCUT2D eigenvalue weighted by Gasteiger charge is -2.20. The number of methoxy groups -OCH3 is 1. The summed E-state index contributed by atoms with van der Waals surface area (Å²) >= 11 is 1.22. The minimum Gasteiger partial charge on any atom is -0.392 e. The lowest BCUT2D eigenvalue weighted by molar-refractivity contribution is -0.110. The Bertz CT molecular complexity index is 1410. The number of ether oxygens (including phenoxy) is 1. The second-order valence-corrected chi connectivity index (χ2v) is 12.5. The Morgan fingerprint density at radius 3 is 2.50 bits per heavy atom. The van der Waals surface area contributed by atoms with Crippen LogP contribution in [0.4, 0.5) is 10.9 Å². The van der Waals surface area contributed by atoms with Crippen LogP contribution in [0, 0.1) is 0 Å². The molecule has 3 aromatic rings. The molecule has 0 aliphatic heterocycles. The fourth-order valence-corrected chi connectivity index (χ4v) is 5.54. The second-order valence-electron chi connectivity index (χ2n) is 9.42. The van der Waals surface area contributed by atoms with Gasteiger partial charge in [-0.05, 0) is 51.7 Å². The molecule has 0 saturated carbocycles. The Morgan fingerprint density at radius 1 is 1.12 bits per heavy atom.